The van der Waals surface area contributed by atoms with Crippen LogP contribution in [0.25, 0.3) is 22.3 Å². The molecule has 0 aliphatic rings. The second kappa shape index (κ2) is 5.76. The highest BCUT2D eigenvalue weighted by Crippen LogP contribution is 2.26. The molecule has 122 valence electrons. The average Bonchev–Trinajstić information content (AvgIpc) is 3.10. The molecule has 0 amide bonds. The molecule has 1 aromatic carbocycles. The van der Waals surface area contributed by atoms with Crippen molar-refractivity contribution >= 4 is 11.5 Å². The largest absolute Gasteiger partial charge is 0.478 e. The van der Waals surface area contributed by atoms with Gasteiger partial charge in [-0.25, -0.2) is 9.31 Å². The fraction of sp³-hybridized carbons (Fsp3) is 0. The number of aromatic carboxylic acids is 1. The summed E-state index contributed by atoms with van der Waals surface area (Å²) < 4.78 is 3.11. The van der Waals surface area contributed by atoms with Crippen molar-refractivity contribution in [2.45, 2.75) is 0 Å². The Morgan fingerprint density at radius 3 is 2.76 bits per heavy atom. The number of rotatable bonds is 3. The highest BCUT2D eigenvalue weighted by molar-refractivity contribution is 5.87. The van der Waals surface area contributed by atoms with Gasteiger partial charge >= 0.3 is 5.97 Å². The van der Waals surface area contributed by atoms with Crippen LogP contribution in [0.3, 0.4) is 0 Å². The first-order valence-corrected chi connectivity index (χ1v) is 7.63. The average molecular weight is 331 g/mol. The minimum Gasteiger partial charge on any atom is -0.478 e. The Labute approximate surface area is 142 Å². The van der Waals surface area contributed by atoms with E-state index >= 15 is 0 Å². The summed E-state index contributed by atoms with van der Waals surface area (Å²) >= 11 is 0. The zero-order valence-corrected chi connectivity index (χ0v) is 13.0. The summed E-state index contributed by atoms with van der Waals surface area (Å²) in [6.45, 7) is 0. The van der Waals surface area contributed by atoms with Gasteiger partial charge in [0.15, 0.2) is 0 Å². The van der Waals surface area contributed by atoms with Gasteiger partial charge in [0, 0.05) is 35.9 Å². The van der Waals surface area contributed by atoms with Crippen molar-refractivity contribution in [3.05, 3.63) is 89.1 Å². The molecule has 0 saturated carbocycles. The Kier molecular flexibility index (Phi) is 3.43. The van der Waals surface area contributed by atoms with Crippen molar-refractivity contribution in [3.63, 3.8) is 0 Å². The van der Waals surface area contributed by atoms with Gasteiger partial charge < -0.3 is 5.11 Å². The molecule has 0 atom stereocenters. The number of carbonyl (C=O) groups is 1. The second-order valence-corrected chi connectivity index (χ2v) is 5.56. The third kappa shape index (κ3) is 2.59. The number of hydrogen-bond donors (Lipinski definition) is 1. The molecule has 3 heterocycles. The first-order chi connectivity index (χ1) is 12.1. The van der Waals surface area contributed by atoms with E-state index in [0.29, 0.717) is 5.69 Å². The fourth-order valence-corrected chi connectivity index (χ4v) is 2.84. The predicted molar refractivity (Wildman–Crippen MR) is 93.2 cm³/mol. The van der Waals surface area contributed by atoms with Crippen molar-refractivity contribution in [3.8, 4) is 16.8 Å². The van der Waals surface area contributed by atoms with Gasteiger partial charge in [-0.3, -0.25) is 9.36 Å². The fourth-order valence-electron chi connectivity index (χ4n) is 2.84. The lowest BCUT2D eigenvalue weighted by molar-refractivity contribution is 0.0696. The van der Waals surface area contributed by atoms with E-state index in [0.717, 1.165) is 16.6 Å². The molecule has 3 aromatic heterocycles. The number of benzene rings is 1. The summed E-state index contributed by atoms with van der Waals surface area (Å²) in [7, 11) is 0. The molecule has 0 radical (unpaired) electrons. The molecule has 0 bridgehead atoms. The Bertz CT molecular complexity index is 1160. The molecular formula is C19H13N3O3. The van der Waals surface area contributed by atoms with Crippen LogP contribution in [-0.2, 0) is 0 Å². The minimum absolute atomic E-state index is 0.0582. The molecule has 4 aromatic rings. The van der Waals surface area contributed by atoms with Gasteiger partial charge in [0.1, 0.15) is 0 Å². The van der Waals surface area contributed by atoms with Gasteiger partial charge in [-0.1, -0.05) is 18.2 Å². The number of carboxylic acid groups (broad SMARTS) is 1. The SMILES string of the molecule is O=C(O)c1ccc(=O)n(-c2cccc(-c3cccn4nccc34)c2)c1. The lowest BCUT2D eigenvalue weighted by atomic mass is 10.0. The zero-order valence-electron chi connectivity index (χ0n) is 13.0. The number of aromatic nitrogens is 3. The Balaban J connectivity index is 1.89. The van der Waals surface area contributed by atoms with Gasteiger partial charge in [0.25, 0.3) is 5.56 Å². The molecule has 0 spiro atoms. The normalized spacial score (nSPS) is 10.9. The molecule has 25 heavy (non-hydrogen) atoms. The van der Waals surface area contributed by atoms with E-state index < -0.39 is 5.97 Å². The van der Waals surface area contributed by atoms with Crippen molar-refractivity contribution in [1.82, 2.24) is 14.2 Å². The van der Waals surface area contributed by atoms with Crippen LogP contribution in [0, 0.1) is 0 Å². The van der Waals surface area contributed by atoms with Crippen LogP contribution in [0.4, 0.5) is 0 Å². The predicted octanol–water partition coefficient (Wildman–Crippen LogP) is 2.85. The monoisotopic (exact) mass is 331 g/mol. The highest BCUT2D eigenvalue weighted by Gasteiger charge is 2.09. The molecule has 0 fully saturated rings. The quantitative estimate of drug-likeness (QED) is 0.626. The van der Waals surface area contributed by atoms with E-state index in [4.69, 9.17) is 5.11 Å². The van der Waals surface area contributed by atoms with Crippen molar-refractivity contribution < 1.29 is 9.90 Å². The highest BCUT2D eigenvalue weighted by atomic mass is 16.4. The third-order valence-electron chi connectivity index (χ3n) is 4.03. The van der Waals surface area contributed by atoms with Crippen LogP contribution >= 0.6 is 0 Å². The third-order valence-corrected chi connectivity index (χ3v) is 4.03. The Hall–Kier alpha value is -3.67. The van der Waals surface area contributed by atoms with E-state index in [2.05, 4.69) is 5.10 Å². The summed E-state index contributed by atoms with van der Waals surface area (Å²) in [5.74, 6) is -1.08. The topological polar surface area (TPSA) is 76.6 Å². The van der Waals surface area contributed by atoms with Crippen LogP contribution in [0.15, 0.2) is 78.0 Å². The first-order valence-electron chi connectivity index (χ1n) is 7.63. The maximum atomic E-state index is 12.2. The molecule has 1 N–H and O–H groups in total. The molecule has 4 rings (SSSR count). The molecular weight excluding hydrogens is 318 g/mol. The molecule has 0 aliphatic carbocycles. The van der Waals surface area contributed by atoms with Crippen LogP contribution in [0.2, 0.25) is 0 Å². The molecule has 6 heteroatoms. The minimum atomic E-state index is -1.08. The molecule has 0 unspecified atom stereocenters. The summed E-state index contributed by atoms with van der Waals surface area (Å²) in [4.78, 5) is 23.3. The van der Waals surface area contributed by atoms with Gasteiger partial charge in [-0.15, -0.1) is 0 Å². The van der Waals surface area contributed by atoms with Crippen molar-refractivity contribution in [1.29, 1.82) is 0 Å². The summed E-state index contributed by atoms with van der Waals surface area (Å²) in [6.07, 6.45) is 4.93. The van der Waals surface area contributed by atoms with E-state index in [1.165, 1.54) is 22.9 Å². The summed E-state index contributed by atoms with van der Waals surface area (Å²) in [5.41, 5.74) is 3.21. The van der Waals surface area contributed by atoms with E-state index in [1.807, 2.05) is 42.6 Å². The molecule has 0 aliphatic heterocycles. The van der Waals surface area contributed by atoms with Gasteiger partial charge in [0.05, 0.1) is 11.1 Å². The number of carboxylic acids is 1. The standard InChI is InChI=1S/C19H13N3O3/c23-18-7-6-14(19(24)25)12-21(18)15-4-1-3-13(11-15)16-5-2-10-22-17(16)8-9-20-22/h1-12H,(H,24,25). The van der Waals surface area contributed by atoms with Crippen molar-refractivity contribution in [2.75, 3.05) is 0 Å². The van der Waals surface area contributed by atoms with Crippen molar-refractivity contribution in [2.24, 2.45) is 0 Å². The number of fused-ring (bicyclic) bond motifs is 1. The van der Waals surface area contributed by atoms with Crippen LogP contribution in [-0.4, -0.2) is 25.3 Å². The number of hydrogen-bond acceptors (Lipinski definition) is 3. The second-order valence-electron chi connectivity index (χ2n) is 5.56. The smallest absolute Gasteiger partial charge is 0.337 e. The first kappa shape index (κ1) is 14.9. The van der Waals surface area contributed by atoms with Crippen LogP contribution in [0.1, 0.15) is 10.4 Å². The summed E-state index contributed by atoms with van der Waals surface area (Å²) in [6, 6.07) is 15.8. The lowest BCUT2D eigenvalue weighted by Crippen LogP contribution is -2.18. The Morgan fingerprint density at radius 2 is 1.92 bits per heavy atom. The van der Waals surface area contributed by atoms with Crippen LogP contribution < -0.4 is 5.56 Å². The van der Waals surface area contributed by atoms with Gasteiger partial charge in [-0.05, 0) is 35.9 Å². The maximum absolute atomic E-state index is 12.2. The number of nitrogens with zero attached hydrogens (tertiary/aromatic N) is 3. The molecule has 0 saturated heterocycles. The van der Waals surface area contributed by atoms with E-state index in [1.54, 1.807) is 16.8 Å². The maximum Gasteiger partial charge on any atom is 0.337 e. The van der Waals surface area contributed by atoms with Gasteiger partial charge in [-0.2, -0.15) is 5.10 Å². The van der Waals surface area contributed by atoms with Crippen LogP contribution in [0.5, 0.6) is 0 Å². The Morgan fingerprint density at radius 1 is 1.04 bits per heavy atom. The van der Waals surface area contributed by atoms with E-state index in [-0.39, 0.29) is 11.1 Å². The summed E-state index contributed by atoms with van der Waals surface area (Å²) in [5, 5.41) is 13.4. The molecule has 6 nitrogen and oxygen atoms in total. The van der Waals surface area contributed by atoms with Gasteiger partial charge in [0.2, 0.25) is 0 Å². The lowest BCUT2D eigenvalue weighted by Gasteiger charge is -2.10. The van der Waals surface area contributed by atoms with E-state index in [9.17, 15) is 9.59 Å². The zero-order chi connectivity index (χ0) is 17.4. The number of pyridine rings is 2.